The molecule has 2 fully saturated rings. The summed E-state index contributed by atoms with van der Waals surface area (Å²) >= 11 is 0. The fourth-order valence-corrected chi connectivity index (χ4v) is 2.52. The molecule has 0 aromatic heterocycles. The quantitative estimate of drug-likeness (QED) is 0.670. The largest absolute Gasteiger partial charge is 0.351 e. The Balaban J connectivity index is 1.85. The van der Waals surface area contributed by atoms with Crippen LogP contribution in [0, 0.1) is 0 Å². The van der Waals surface area contributed by atoms with E-state index in [9.17, 15) is 4.79 Å². The summed E-state index contributed by atoms with van der Waals surface area (Å²) in [6.45, 7) is 4.10. The Bertz CT molecular complexity index is 213. The van der Waals surface area contributed by atoms with E-state index in [4.69, 9.17) is 5.73 Å². The van der Waals surface area contributed by atoms with Gasteiger partial charge in [-0.05, 0) is 32.4 Å². The number of carbonyl (C=O) groups excluding carboxylic acids is 1. The predicted molar refractivity (Wildman–Crippen MR) is 55.0 cm³/mol. The van der Waals surface area contributed by atoms with Crippen molar-refractivity contribution in [3.63, 3.8) is 0 Å². The lowest BCUT2D eigenvalue weighted by Gasteiger charge is -2.31. The Morgan fingerprint density at radius 1 is 1.14 bits per heavy atom. The van der Waals surface area contributed by atoms with Gasteiger partial charge in [-0.3, -0.25) is 4.90 Å². The summed E-state index contributed by atoms with van der Waals surface area (Å²) < 4.78 is 0. The standard InChI is InChI=1S/C10H19N3O/c11-10(14)13-7-4-9(8-13)12-5-2-1-3-6-12/h9H,1-8H2,(H2,11,14). The number of hydrogen-bond donors (Lipinski definition) is 1. The van der Waals surface area contributed by atoms with Crippen LogP contribution in [0.25, 0.3) is 0 Å². The molecule has 80 valence electrons. The minimum Gasteiger partial charge on any atom is -0.351 e. The van der Waals surface area contributed by atoms with E-state index in [1.807, 2.05) is 0 Å². The van der Waals surface area contributed by atoms with Crippen LogP contribution in [-0.2, 0) is 0 Å². The van der Waals surface area contributed by atoms with E-state index in [-0.39, 0.29) is 6.03 Å². The molecule has 2 saturated heterocycles. The fraction of sp³-hybridized carbons (Fsp3) is 0.900. The molecule has 1 unspecified atom stereocenters. The van der Waals surface area contributed by atoms with Gasteiger partial charge in [-0.2, -0.15) is 0 Å². The maximum Gasteiger partial charge on any atom is 0.314 e. The predicted octanol–water partition coefficient (Wildman–Crippen LogP) is 0.625. The third-order valence-corrected chi connectivity index (χ3v) is 3.38. The van der Waals surface area contributed by atoms with Gasteiger partial charge in [0, 0.05) is 19.1 Å². The molecular weight excluding hydrogens is 178 g/mol. The molecule has 0 aromatic carbocycles. The number of primary amides is 1. The van der Waals surface area contributed by atoms with Crippen LogP contribution in [0.2, 0.25) is 0 Å². The van der Waals surface area contributed by atoms with E-state index in [2.05, 4.69) is 4.90 Å². The van der Waals surface area contributed by atoms with Crippen LogP contribution in [0.5, 0.6) is 0 Å². The van der Waals surface area contributed by atoms with Crippen LogP contribution in [0.3, 0.4) is 0 Å². The van der Waals surface area contributed by atoms with Gasteiger partial charge in [-0.15, -0.1) is 0 Å². The SMILES string of the molecule is NC(=O)N1CCC(N2CCCCC2)C1. The molecule has 4 nitrogen and oxygen atoms in total. The van der Waals surface area contributed by atoms with Gasteiger partial charge < -0.3 is 10.6 Å². The number of urea groups is 1. The van der Waals surface area contributed by atoms with Gasteiger partial charge in [0.25, 0.3) is 0 Å². The molecule has 2 rings (SSSR count). The average molecular weight is 197 g/mol. The van der Waals surface area contributed by atoms with Crippen molar-refractivity contribution in [2.24, 2.45) is 5.73 Å². The number of rotatable bonds is 1. The maximum absolute atomic E-state index is 11.0. The normalized spacial score (nSPS) is 29.4. The van der Waals surface area contributed by atoms with Crippen LogP contribution >= 0.6 is 0 Å². The number of piperidine rings is 1. The molecule has 2 aliphatic heterocycles. The molecule has 2 N–H and O–H groups in total. The van der Waals surface area contributed by atoms with Crippen LogP contribution in [-0.4, -0.2) is 48.1 Å². The van der Waals surface area contributed by atoms with Crippen molar-refractivity contribution in [1.29, 1.82) is 0 Å². The summed E-state index contributed by atoms with van der Waals surface area (Å²) in [4.78, 5) is 15.2. The van der Waals surface area contributed by atoms with Crippen LogP contribution in [0.15, 0.2) is 0 Å². The number of amides is 2. The fourth-order valence-electron chi connectivity index (χ4n) is 2.52. The smallest absolute Gasteiger partial charge is 0.314 e. The lowest BCUT2D eigenvalue weighted by molar-refractivity contribution is 0.163. The van der Waals surface area contributed by atoms with E-state index < -0.39 is 0 Å². The highest BCUT2D eigenvalue weighted by Crippen LogP contribution is 2.19. The van der Waals surface area contributed by atoms with Gasteiger partial charge in [0.2, 0.25) is 0 Å². The Hall–Kier alpha value is -0.770. The Labute approximate surface area is 85.0 Å². The topological polar surface area (TPSA) is 49.6 Å². The summed E-state index contributed by atoms with van der Waals surface area (Å²) in [5.41, 5.74) is 5.26. The Morgan fingerprint density at radius 3 is 2.43 bits per heavy atom. The van der Waals surface area contributed by atoms with E-state index in [1.54, 1.807) is 4.90 Å². The zero-order chi connectivity index (χ0) is 9.97. The lowest BCUT2D eigenvalue weighted by Crippen LogP contribution is -2.42. The number of nitrogens with two attached hydrogens (primary N) is 1. The molecular formula is C10H19N3O. The summed E-state index contributed by atoms with van der Waals surface area (Å²) in [6.07, 6.45) is 5.09. The third kappa shape index (κ3) is 2.00. The van der Waals surface area contributed by atoms with Crippen molar-refractivity contribution in [2.75, 3.05) is 26.2 Å². The zero-order valence-corrected chi connectivity index (χ0v) is 8.61. The maximum atomic E-state index is 11.0. The Morgan fingerprint density at radius 2 is 1.86 bits per heavy atom. The second-order valence-electron chi connectivity index (χ2n) is 4.32. The van der Waals surface area contributed by atoms with Gasteiger partial charge in [-0.1, -0.05) is 6.42 Å². The van der Waals surface area contributed by atoms with Gasteiger partial charge in [0.15, 0.2) is 0 Å². The van der Waals surface area contributed by atoms with Gasteiger partial charge in [-0.25, -0.2) is 4.79 Å². The molecule has 0 spiro atoms. The highest BCUT2D eigenvalue weighted by Gasteiger charge is 2.29. The molecule has 0 saturated carbocycles. The average Bonchev–Trinajstić information content (AvgIpc) is 2.68. The Kier molecular flexibility index (Phi) is 2.91. The van der Waals surface area contributed by atoms with Crippen LogP contribution in [0.4, 0.5) is 4.79 Å². The molecule has 4 heteroatoms. The van der Waals surface area contributed by atoms with Gasteiger partial charge in [0.1, 0.15) is 0 Å². The third-order valence-electron chi connectivity index (χ3n) is 3.38. The number of nitrogens with zero attached hydrogens (tertiary/aromatic N) is 2. The zero-order valence-electron chi connectivity index (χ0n) is 8.61. The molecule has 0 aliphatic carbocycles. The first kappa shape index (κ1) is 9.77. The molecule has 2 amide bonds. The van der Waals surface area contributed by atoms with E-state index >= 15 is 0 Å². The highest BCUT2D eigenvalue weighted by atomic mass is 16.2. The summed E-state index contributed by atoms with van der Waals surface area (Å²) in [7, 11) is 0. The molecule has 14 heavy (non-hydrogen) atoms. The summed E-state index contributed by atoms with van der Waals surface area (Å²) in [5.74, 6) is 0. The second kappa shape index (κ2) is 4.17. The molecule has 0 radical (unpaired) electrons. The second-order valence-corrected chi connectivity index (χ2v) is 4.32. The van der Waals surface area contributed by atoms with Gasteiger partial charge >= 0.3 is 6.03 Å². The van der Waals surface area contributed by atoms with E-state index in [1.165, 1.54) is 32.4 Å². The summed E-state index contributed by atoms with van der Waals surface area (Å²) in [6, 6.07) is 0.312. The van der Waals surface area contributed by atoms with E-state index in [0.29, 0.717) is 6.04 Å². The number of hydrogen-bond acceptors (Lipinski definition) is 2. The highest BCUT2D eigenvalue weighted by molar-refractivity contribution is 5.72. The van der Waals surface area contributed by atoms with Crippen molar-refractivity contribution in [3.8, 4) is 0 Å². The summed E-state index contributed by atoms with van der Waals surface area (Å²) in [5, 5.41) is 0. The molecule has 1 atom stereocenters. The number of carbonyl (C=O) groups is 1. The van der Waals surface area contributed by atoms with Crippen molar-refractivity contribution >= 4 is 6.03 Å². The minimum atomic E-state index is -0.260. The first-order chi connectivity index (χ1) is 6.77. The monoisotopic (exact) mass is 197 g/mol. The van der Waals surface area contributed by atoms with Crippen molar-refractivity contribution < 1.29 is 4.79 Å². The van der Waals surface area contributed by atoms with Crippen molar-refractivity contribution in [3.05, 3.63) is 0 Å². The van der Waals surface area contributed by atoms with Crippen molar-refractivity contribution in [2.45, 2.75) is 31.7 Å². The number of likely N-dealkylation sites (tertiary alicyclic amines) is 2. The first-order valence-corrected chi connectivity index (χ1v) is 5.56. The van der Waals surface area contributed by atoms with Gasteiger partial charge in [0.05, 0.1) is 0 Å². The van der Waals surface area contributed by atoms with Crippen LogP contribution in [0.1, 0.15) is 25.7 Å². The minimum absolute atomic E-state index is 0.260. The molecule has 2 aliphatic rings. The molecule has 0 bridgehead atoms. The molecule has 2 heterocycles. The van der Waals surface area contributed by atoms with Crippen LogP contribution < -0.4 is 5.73 Å². The first-order valence-electron chi connectivity index (χ1n) is 5.56. The van der Waals surface area contributed by atoms with Crippen molar-refractivity contribution in [1.82, 2.24) is 9.80 Å². The molecule has 0 aromatic rings. The van der Waals surface area contributed by atoms with E-state index in [0.717, 1.165) is 19.5 Å². The lowest BCUT2D eigenvalue weighted by atomic mass is 10.1.